The summed E-state index contributed by atoms with van der Waals surface area (Å²) in [5, 5.41) is 4.51. The van der Waals surface area contributed by atoms with Crippen molar-refractivity contribution >= 4 is 21.4 Å². The summed E-state index contributed by atoms with van der Waals surface area (Å²) in [5.41, 5.74) is 4.50. The highest BCUT2D eigenvalue weighted by Gasteiger charge is 2.32. The second-order valence-electron chi connectivity index (χ2n) is 7.99. The number of carbonyl (C=O) groups excluding carboxylic acids is 1. The van der Waals surface area contributed by atoms with Gasteiger partial charge in [-0.15, -0.1) is 0 Å². The van der Waals surface area contributed by atoms with Crippen LogP contribution in [0.1, 0.15) is 47.8 Å². The summed E-state index contributed by atoms with van der Waals surface area (Å²) in [7, 11) is -3.51. The van der Waals surface area contributed by atoms with Crippen LogP contribution in [0.15, 0.2) is 41.4 Å². The molecule has 3 aromatic rings. The Balaban J connectivity index is 1.52. The Morgan fingerprint density at radius 1 is 1.13 bits per heavy atom. The molecule has 4 rings (SSSR count). The first-order valence-electron chi connectivity index (χ1n) is 10.2. The van der Waals surface area contributed by atoms with E-state index in [4.69, 9.17) is 0 Å². The maximum Gasteiger partial charge on any atom is 0.224 e. The third kappa shape index (κ3) is 3.84. The third-order valence-electron chi connectivity index (χ3n) is 5.85. The van der Waals surface area contributed by atoms with Gasteiger partial charge in [0, 0.05) is 25.2 Å². The number of hydrogen-bond acceptors (Lipinski definition) is 5. The summed E-state index contributed by atoms with van der Waals surface area (Å²) in [6.07, 6.45) is 3.41. The first-order chi connectivity index (χ1) is 14.3. The van der Waals surface area contributed by atoms with Crippen LogP contribution in [0.25, 0.3) is 5.65 Å². The Labute approximate surface area is 176 Å². The Morgan fingerprint density at radius 3 is 2.70 bits per heavy atom. The monoisotopic (exact) mass is 426 g/mol. The van der Waals surface area contributed by atoms with E-state index in [9.17, 15) is 13.2 Å². The molecule has 1 saturated heterocycles. The van der Waals surface area contributed by atoms with E-state index in [1.165, 1.54) is 0 Å². The number of benzene rings is 1. The van der Waals surface area contributed by atoms with E-state index in [0.717, 1.165) is 41.0 Å². The average molecular weight is 427 g/mol. The number of aromatic nitrogens is 3. The molecule has 8 heteroatoms. The molecule has 1 amide bonds. The molecule has 0 unspecified atom stereocenters. The highest BCUT2D eigenvalue weighted by Crippen LogP contribution is 2.32. The lowest BCUT2D eigenvalue weighted by atomic mass is 10.1. The molecule has 7 nitrogen and oxygen atoms in total. The van der Waals surface area contributed by atoms with Crippen LogP contribution < -0.4 is 0 Å². The number of aryl methyl sites for hydroxylation is 3. The fraction of sp³-hybridized carbons (Fsp3) is 0.409. The molecule has 1 aromatic carbocycles. The predicted octanol–water partition coefficient (Wildman–Crippen LogP) is 3.18. The number of hydrogen-bond donors (Lipinski definition) is 0. The van der Waals surface area contributed by atoms with Gasteiger partial charge >= 0.3 is 0 Å². The van der Waals surface area contributed by atoms with E-state index >= 15 is 0 Å². The van der Waals surface area contributed by atoms with Gasteiger partial charge in [0.2, 0.25) is 5.91 Å². The molecule has 3 heterocycles. The first-order valence-corrected chi connectivity index (χ1v) is 11.8. The highest BCUT2D eigenvalue weighted by molar-refractivity contribution is 7.91. The lowest BCUT2D eigenvalue weighted by molar-refractivity contribution is -0.131. The number of amides is 1. The van der Waals surface area contributed by atoms with Gasteiger partial charge in [0.05, 0.1) is 28.1 Å². The van der Waals surface area contributed by atoms with Crippen molar-refractivity contribution in [3.05, 3.63) is 59.0 Å². The van der Waals surface area contributed by atoms with Crippen LogP contribution in [0.2, 0.25) is 0 Å². The second kappa shape index (κ2) is 7.83. The topological polar surface area (TPSA) is 84.6 Å². The number of fused-ring (bicyclic) bond motifs is 1. The number of sulfone groups is 1. The summed E-state index contributed by atoms with van der Waals surface area (Å²) < 4.78 is 27.3. The Morgan fingerprint density at radius 2 is 1.93 bits per heavy atom. The maximum atomic E-state index is 13.0. The molecule has 1 aliphatic rings. The van der Waals surface area contributed by atoms with Crippen LogP contribution in [0, 0.1) is 20.8 Å². The molecule has 0 radical (unpaired) electrons. The zero-order valence-corrected chi connectivity index (χ0v) is 18.3. The van der Waals surface area contributed by atoms with Crippen molar-refractivity contribution < 1.29 is 13.2 Å². The zero-order valence-electron chi connectivity index (χ0n) is 17.5. The van der Waals surface area contributed by atoms with Crippen molar-refractivity contribution in [1.82, 2.24) is 19.5 Å². The predicted molar refractivity (Wildman–Crippen MR) is 114 cm³/mol. The SMILES string of the molecule is Cc1cc2nccc([C@@H]3CCCN3C(=O)CCS(=O)(=O)c3ccc(C)c(C)c3)n2n1. The van der Waals surface area contributed by atoms with Crippen LogP contribution in [0.5, 0.6) is 0 Å². The molecule has 0 bridgehead atoms. The van der Waals surface area contributed by atoms with Crippen molar-refractivity contribution in [2.75, 3.05) is 12.3 Å². The van der Waals surface area contributed by atoms with Crippen LogP contribution in [-0.2, 0) is 14.6 Å². The smallest absolute Gasteiger partial charge is 0.224 e. The quantitative estimate of drug-likeness (QED) is 0.626. The number of likely N-dealkylation sites (tertiary alicyclic amines) is 1. The molecule has 1 aliphatic heterocycles. The molecule has 0 spiro atoms. The van der Waals surface area contributed by atoms with Gasteiger partial charge in [0.15, 0.2) is 15.5 Å². The van der Waals surface area contributed by atoms with Gasteiger partial charge in [-0.05, 0) is 62.9 Å². The molecular formula is C22H26N4O3S. The minimum Gasteiger partial charge on any atom is -0.334 e. The van der Waals surface area contributed by atoms with E-state index in [1.807, 2.05) is 32.9 Å². The van der Waals surface area contributed by atoms with Gasteiger partial charge in [-0.3, -0.25) is 4.79 Å². The van der Waals surface area contributed by atoms with E-state index in [1.54, 1.807) is 33.8 Å². The summed E-state index contributed by atoms with van der Waals surface area (Å²) >= 11 is 0. The minimum atomic E-state index is -3.51. The fourth-order valence-electron chi connectivity index (χ4n) is 4.04. The van der Waals surface area contributed by atoms with Crippen molar-refractivity contribution in [3.8, 4) is 0 Å². The Hall–Kier alpha value is -2.74. The van der Waals surface area contributed by atoms with Crippen LogP contribution in [-0.4, -0.2) is 46.1 Å². The average Bonchev–Trinajstić information content (AvgIpc) is 3.33. The summed E-state index contributed by atoms with van der Waals surface area (Å²) in [4.78, 5) is 19.4. The number of carbonyl (C=O) groups is 1. The van der Waals surface area contributed by atoms with Crippen molar-refractivity contribution in [2.24, 2.45) is 0 Å². The second-order valence-corrected chi connectivity index (χ2v) is 10.1. The van der Waals surface area contributed by atoms with Gasteiger partial charge in [-0.2, -0.15) is 5.10 Å². The molecule has 1 fully saturated rings. The normalized spacial score (nSPS) is 17.0. The third-order valence-corrected chi connectivity index (χ3v) is 7.56. The van der Waals surface area contributed by atoms with E-state index in [-0.39, 0.29) is 29.0 Å². The van der Waals surface area contributed by atoms with E-state index in [2.05, 4.69) is 10.1 Å². The first kappa shape index (κ1) is 20.5. The molecule has 158 valence electrons. The molecule has 0 saturated carbocycles. The van der Waals surface area contributed by atoms with Crippen molar-refractivity contribution in [3.63, 3.8) is 0 Å². The summed E-state index contributed by atoms with van der Waals surface area (Å²) in [6, 6.07) is 8.78. The van der Waals surface area contributed by atoms with Crippen molar-refractivity contribution in [1.29, 1.82) is 0 Å². The molecule has 1 atom stereocenters. The Kier molecular flexibility index (Phi) is 5.36. The van der Waals surface area contributed by atoms with Crippen LogP contribution >= 0.6 is 0 Å². The summed E-state index contributed by atoms with van der Waals surface area (Å²) in [6.45, 7) is 6.37. The minimum absolute atomic E-state index is 0.0296. The van der Waals surface area contributed by atoms with Crippen LogP contribution in [0.4, 0.5) is 0 Å². The lowest BCUT2D eigenvalue weighted by Crippen LogP contribution is -2.32. The largest absolute Gasteiger partial charge is 0.334 e. The molecule has 30 heavy (non-hydrogen) atoms. The maximum absolute atomic E-state index is 13.0. The zero-order chi connectivity index (χ0) is 21.5. The fourth-order valence-corrected chi connectivity index (χ4v) is 5.35. The van der Waals surface area contributed by atoms with Crippen LogP contribution in [0.3, 0.4) is 0 Å². The highest BCUT2D eigenvalue weighted by atomic mass is 32.2. The standard InChI is InChI=1S/C22H26N4O3S/c1-15-6-7-18(13-16(15)2)30(28,29)12-9-22(27)25-11-4-5-19(25)20-8-10-23-21-14-17(3)24-26(20)21/h6-8,10,13-14,19H,4-5,9,11-12H2,1-3H3/t19-/m0/s1. The summed E-state index contributed by atoms with van der Waals surface area (Å²) in [5.74, 6) is -0.330. The number of rotatable bonds is 5. The van der Waals surface area contributed by atoms with E-state index < -0.39 is 9.84 Å². The molecule has 0 aliphatic carbocycles. The molecule has 2 aromatic heterocycles. The Bertz CT molecular complexity index is 1220. The number of nitrogens with zero attached hydrogens (tertiary/aromatic N) is 4. The molecular weight excluding hydrogens is 400 g/mol. The molecule has 0 N–H and O–H groups in total. The van der Waals surface area contributed by atoms with E-state index in [0.29, 0.717) is 6.54 Å². The van der Waals surface area contributed by atoms with Gasteiger partial charge < -0.3 is 4.90 Å². The van der Waals surface area contributed by atoms with Gasteiger partial charge in [-0.25, -0.2) is 17.9 Å². The van der Waals surface area contributed by atoms with Gasteiger partial charge in [-0.1, -0.05) is 6.07 Å². The van der Waals surface area contributed by atoms with Gasteiger partial charge in [0.1, 0.15) is 0 Å². The van der Waals surface area contributed by atoms with Gasteiger partial charge in [0.25, 0.3) is 0 Å². The van der Waals surface area contributed by atoms with Crippen molar-refractivity contribution in [2.45, 2.75) is 51.0 Å². The lowest BCUT2D eigenvalue weighted by Gasteiger charge is -2.25.